The molecular weight excluding hydrogens is 249 g/mol. The summed E-state index contributed by atoms with van der Waals surface area (Å²) in [7, 11) is 0. The first-order valence-electron chi connectivity index (χ1n) is 4.62. The Balaban J connectivity index is 3.00. The van der Waals surface area contributed by atoms with Crippen LogP contribution in [-0.2, 0) is 16.0 Å². The molecule has 0 aliphatic rings. The lowest BCUT2D eigenvalue weighted by atomic mass is 10.1. The van der Waals surface area contributed by atoms with Gasteiger partial charge >= 0.3 is 5.97 Å². The minimum atomic E-state index is -0.393. The number of carbonyl (C=O) groups is 1. The molecule has 0 spiro atoms. The van der Waals surface area contributed by atoms with Gasteiger partial charge in [0.2, 0.25) is 0 Å². The van der Waals surface area contributed by atoms with Gasteiger partial charge < -0.3 is 4.74 Å². The Kier molecular flexibility index (Phi) is 4.60. The van der Waals surface area contributed by atoms with Gasteiger partial charge in [-0.15, -0.1) is 0 Å². The molecule has 0 saturated heterocycles. The maximum Gasteiger partial charge on any atom is 0.310 e. The van der Waals surface area contributed by atoms with Crippen molar-refractivity contribution < 1.29 is 9.53 Å². The molecule has 0 aliphatic carbocycles. The molecule has 0 bridgehead atoms. The van der Waals surface area contributed by atoms with Gasteiger partial charge in [-0.2, -0.15) is 5.26 Å². The largest absolute Gasteiger partial charge is 0.466 e. The number of nitriles is 1. The number of ether oxygens (including phenoxy) is 1. The van der Waals surface area contributed by atoms with Gasteiger partial charge in [-0.3, -0.25) is 4.79 Å². The van der Waals surface area contributed by atoms with Crippen LogP contribution in [-0.4, -0.2) is 12.6 Å². The Morgan fingerprint density at radius 3 is 2.75 bits per heavy atom. The molecule has 84 valence electrons. The molecule has 0 atom stereocenters. The van der Waals surface area contributed by atoms with Crippen molar-refractivity contribution in [3.8, 4) is 6.07 Å². The van der Waals surface area contributed by atoms with Gasteiger partial charge in [-0.1, -0.05) is 23.2 Å². The highest BCUT2D eigenvalue weighted by Gasteiger charge is 2.12. The molecule has 1 aromatic rings. The number of esters is 1. The monoisotopic (exact) mass is 257 g/mol. The van der Waals surface area contributed by atoms with Gasteiger partial charge in [0.25, 0.3) is 0 Å². The summed E-state index contributed by atoms with van der Waals surface area (Å²) in [5, 5.41) is 9.30. The predicted molar refractivity (Wildman–Crippen MR) is 61.5 cm³/mol. The Labute approximate surface area is 104 Å². The summed E-state index contributed by atoms with van der Waals surface area (Å²) in [5.74, 6) is -0.393. The van der Waals surface area contributed by atoms with E-state index in [9.17, 15) is 4.79 Å². The molecule has 0 N–H and O–H groups in total. The summed E-state index contributed by atoms with van der Waals surface area (Å²) in [4.78, 5) is 11.3. The van der Waals surface area contributed by atoms with Crippen LogP contribution in [0.25, 0.3) is 0 Å². The Hall–Kier alpha value is -1.24. The zero-order chi connectivity index (χ0) is 12.1. The number of nitrogens with zero attached hydrogens (tertiary/aromatic N) is 1. The fourth-order valence-corrected chi connectivity index (χ4v) is 1.62. The van der Waals surface area contributed by atoms with Crippen LogP contribution in [0.1, 0.15) is 18.1 Å². The molecule has 3 nitrogen and oxygen atoms in total. The van der Waals surface area contributed by atoms with E-state index in [-0.39, 0.29) is 16.5 Å². The Bertz CT molecular complexity index is 452. The molecule has 1 aromatic carbocycles. The van der Waals surface area contributed by atoms with E-state index in [1.165, 1.54) is 12.1 Å². The second kappa shape index (κ2) is 5.74. The predicted octanol–water partition coefficient (Wildman–Crippen LogP) is 2.97. The molecule has 5 heteroatoms. The maximum absolute atomic E-state index is 11.3. The van der Waals surface area contributed by atoms with Gasteiger partial charge in [-0.05, 0) is 24.6 Å². The number of carbonyl (C=O) groups excluding carboxylic acids is 1. The number of rotatable bonds is 3. The molecule has 0 unspecified atom stereocenters. The smallest absolute Gasteiger partial charge is 0.310 e. The molecule has 16 heavy (non-hydrogen) atoms. The van der Waals surface area contributed by atoms with Crippen LogP contribution in [0.15, 0.2) is 12.1 Å². The van der Waals surface area contributed by atoms with Crippen LogP contribution in [0.2, 0.25) is 10.0 Å². The van der Waals surface area contributed by atoms with Crippen LogP contribution < -0.4 is 0 Å². The molecule has 0 saturated carbocycles. The second-order valence-corrected chi connectivity index (χ2v) is 3.81. The number of hydrogen-bond donors (Lipinski definition) is 0. The third-order valence-corrected chi connectivity index (χ3v) is 2.71. The molecule has 0 amide bonds. The van der Waals surface area contributed by atoms with Crippen molar-refractivity contribution in [3.05, 3.63) is 33.3 Å². The highest BCUT2D eigenvalue weighted by molar-refractivity contribution is 6.42. The van der Waals surface area contributed by atoms with Crippen molar-refractivity contribution in [2.75, 3.05) is 6.61 Å². The van der Waals surface area contributed by atoms with Crippen LogP contribution in [0.5, 0.6) is 0 Å². The highest BCUT2D eigenvalue weighted by Crippen LogP contribution is 2.28. The van der Waals surface area contributed by atoms with E-state index in [1.54, 1.807) is 6.92 Å². The van der Waals surface area contributed by atoms with Gasteiger partial charge in [-0.25, -0.2) is 0 Å². The van der Waals surface area contributed by atoms with Gasteiger partial charge in [0.1, 0.15) is 0 Å². The summed E-state index contributed by atoms with van der Waals surface area (Å²) in [6, 6.07) is 4.94. The molecular formula is C11H9Cl2NO2. The van der Waals surface area contributed by atoms with Crippen molar-refractivity contribution in [1.82, 2.24) is 0 Å². The van der Waals surface area contributed by atoms with E-state index in [0.717, 1.165) is 0 Å². The number of hydrogen-bond acceptors (Lipinski definition) is 3. The quantitative estimate of drug-likeness (QED) is 0.783. The average molecular weight is 258 g/mol. The third kappa shape index (κ3) is 3.13. The van der Waals surface area contributed by atoms with Crippen molar-refractivity contribution in [1.29, 1.82) is 5.26 Å². The zero-order valence-electron chi connectivity index (χ0n) is 8.59. The fourth-order valence-electron chi connectivity index (χ4n) is 1.21. The summed E-state index contributed by atoms with van der Waals surface area (Å²) in [6.07, 6.45) is 0.0158. The number of halogens is 2. The summed E-state index contributed by atoms with van der Waals surface area (Å²) >= 11 is 11.7. The maximum atomic E-state index is 11.3. The zero-order valence-corrected chi connectivity index (χ0v) is 10.1. The normalized spacial score (nSPS) is 9.62. The first kappa shape index (κ1) is 12.8. The third-order valence-electron chi connectivity index (χ3n) is 1.87. The van der Waals surface area contributed by atoms with Gasteiger partial charge in [0.05, 0.1) is 34.7 Å². The topological polar surface area (TPSA) is 50.1 Å². The highest BCUT2D eigenvalue weighted by atomic mass is 35.5. The van der Waals surface area contributed by atoms with Crippen molar-refractivity contribution >= 4 is 29.2 Å². The first-order valence-corrected chi connectivity index (χ1v) is 5.37. The van der Waals surface area contributed by atoms with Crippen LogP contribution in [0.4, 0.5) is 0 Å². The van der Waals surface area contributed by atoms with Gasteiger partial charge in [0, 0.05) is 0 Å². The van der Waals surface area contributed by atoms with Crippen LogP contribution in [0.3, 0.4) is 0 Å². The summed E-state index contributed by atoms with van der Waals surface area (Å²) < 4.78 is 4.79. The number of benzene rings is 1. The van der Waals surface area contributed by atoms with E-state index in [0.29, 0.717) is 17.7 Å². The lowest BCUT2D eigenvalue weighted by molar-refractivity contribution is -0.142. The lowest BCUT2D eigenvalue weighted by Gasteiger charge is -2.06. The molecule has 0 fully saturated rings. The lowest BCUT2D eigenvalue weighted by Crippen LogP contribution is -2.08. The van der Waals surface area contributed by atoms with E-state index in [2.05, 4.69) is 0 Å². The summed E-state index contributed by atoms with van der Waals surface area (Å²) in [6.45, 7) is 2.03. The van der Waals surface area contributed by atoms with E-state index >= 15 is 0 Å². The molecule has 0 aromatic heterocycles. The standard InChI is InChI=1S/C11H9Cl2NO2/c1-2-16-10(15)5-8-3-7(6-14)4-9(12)11(8)13/h3-4H,2,5H2,1H3. The molecule has 1 rings (SSSR count). The molecule has 0 aliphatic heterocycles. The Morgan fingerprint density at radius 1 is 1.50 bits per heavy atom. The van der Waals surface area contributed by atoms with Crippen molar-refractivity contribution in [3.63, 3.8) is 0 Å². The molecule has 0 heterocycles. The van der Waals surface area contributed by atoms with Crippen LogP contribution in [0, 0.1) is 11.3 Å². The SMILES string of the molecule is CCOC(=O)Cc1cc(C#N)cc(Cl)c1Cl. The minimum absolute atomic E-state index is 0.0158. The van der Waals surface area contributed by atoms with E-state index in [1.807, 2.05) is 6.07 Å². The minimum Gasteiger partial charge on any atom is -0.466 e. The van der Waals surface area contributed by atoms with E-state index < -0.39 is 5.97 Å². The van der Waals surface area contributed by atoms with Crippen LogP contribution >= 0.6 is 23.2 Å². The van der Waals surface area contributed by atoms with Crippen molar-refractivity contribution in [2.45, 2.75) is 13.3 Å². The fraction of sp³-hybridized carbons (Fsp3) is 0.273. The second-order valence-electron chi connectivity index (χ2n) is 3.02. The average Bonchev–Trinajstić information content (AvgIpc) is 2.24. The van der Waals surface area contributed by atoms with Gasteiger partial charge in [0.15, 0.2) is 0 Å². The summed E-state index contributed by atoms with van der Waals surface area (Å²) in [5.41, 5.74) is 0.873. The van der Waals surface area contributed by atoms with Crippen molar-refractivity contribution in [2.24, 2.45) is 0 Å². The Morgan fingerprint density at radius 2 is 2.19 bits per heavy atom. The van der Waals surface area contributed by atoms with E-state index in [4.69, 9.17) is 33.2 Å². The first-order chi connectivity index (χ1) is 7.58. The molecule has 0 radical (unpaired) electrons.